The van der Waals surface area contributed by atoms with E-state index in [4.69, 9.17) is 9.26 Å². The summed E-state index contributed by atoms with van der Waals surface area (Å²) in [4.78, 5) is 20.1. The average molecular weight is 433 g/mol. The van der Waals surface area contributed by atoms with E-state index >= 15 is 0 Å². The highest BCUT2D eigenvalue weighted by Gasteiger charge is 2.40. The number of carbonyl (C=O) groups is 1. The summed E-state index contributed by atoms with van der Waals surface area (Å²) in [5.41, 5.74) is 1.54. The van der Waals surface area contributed by atoms with E-state index in [0.717, 1.165) is 44.7 Å². The van der Waals surface area contributed by atoms with Gasteiger partial charge in [0.2, 0.25) is 0 Å². The molecule has 2 aromatic heterocycles. The molecule has 10 heteroatoms. The summed E-state index contributed by atoms with van der Waals surface area (Å²) >= 11 is 0. The molecule has 0 spiro atoms. The van der Waals surface area contributed by atoms with Crippen LogP contribution in [0.5, 0.6) is 0 Å². The molecule has 1 N–H and O–H groups in total. The zero-order valence-corrected chi connectivity index (χ0v) is 18.5. The summed E-state index contributed by atoms with van der Waals surface area (Å²) in [6.07, 6.45) is 4.66. The largest absolute Gasteiger partial charge is 0.391 e. The lowest BCUT2D eigenvalue weighted by atomic mass is 9.99. The molecule has 0 radical (unpaired) electrons. The van der Waals surface area contributed by atoms with Gasteiger partial charge in [0.1, 0.15) is 5.76 Å². The number of morpholine rings is 1. The highest BCUT2D eigenvalue weighted by Crippen LogP contribution is 2.32. The number of nitrogens with zero attached hydrogens (tertiary/aromatic N) is 6. The molecule has 2 saturated heterocycles. The van der Waals surface area contributed by atoms with Crippen LogP contribution in [0.3, 0.4) is 0 Å². The van der Waals surface area contributed by atoms with E-state index in [1.54, 1.807) is 22.7 Å². The lowest BCUT2D eigenvalue weighted by Gasteiger charge is -2.42. The minimum Gasteiger partial charge on any atom is -0.391 e. The Morgan fingerprint density at radius 2 is 2.06 bits per heavy atom. The Morgan fingerprint density at radius 3 is 2.81 bits per heavy atom. The molecule has 2 aliphatic rings. The molecule has 2 aliphatic heterocycles. The van der Waals surface area contributed by atoms with Gasteiger partial charge in [-0.2, -0.15) is 5.10 Å². The van der Waals surface area contributed by atoms with E-state index in [1.165, 1.54) is 0 Å². The lowest BCUT2D eigenvalue weighted by molar-refractivity contribution is -0.0726. The molecule has 4 rings (SSSR count). The number of hydrogen-bond donors (Lipinski definition) is 1. The lowest BCUT2D eigenvalue weighted by Crippen LogP contribution is -2.52. The Balaban J connectivity index is 1.61. The van der Waals surface area contributed by atoms with Crippen molar-refractivity contribution in [1.29, 1.82) is 0 Å². The molecular formula is C21H32N6O4. The van der Waals surface area contributed by atoms with Crippen LogP contribution in [0.1, 0.15) is 39.8 Å². The first kappa shape index (κ1) is 21.9. The van der Waals surface area contributed by atoms with Crippen molar-refractivity contribution in [3.63, 3.8) is 0 Å². The standard InChI is InChI=1S/C21H32N6O4/c1-15-17(14-28)19(23-31-15)21(29)27-9-10-30-18(20(27)16-11-22-25(3)12-16)13-26-6-4-5-24(2)7-8-26/h11-12,18,20,28H,4-10,13-14H2,1-3H3/t18-,20-/m0/s1. The topological polar surface area (TPSA) is 100 Å². The normalized spacial score (nSPS) is 23.8. The van der Waals surface area contributed by atoms with Gasteiger partial charge in [-0.15, -0.1) is 0 Å². The zero-order valence-electron chi connectivity index (χ0n) is 18.5. The van der Waals surface area contributed by atoms with Crippen LogP contribution < -0.4 is 0 Å². The maximum atomic E-state index is 13.5. The third-order valence-corrected chi connectivity index (χ3v) is 6.27. The molecule has 4 heterocycles. The van der Waals surface area contributed by atoms with Crippen LogP contribution in [0.15, 0.2) is 16.9 Å². The third kappa shape index (κ3) is 4.67. The van der Waals surface area contributed by atoms with Crippen molar-refractivity contribution in [3.8, 4) is 0 Å². The highest BCUT2D eigenvalue weighted by molar-refractivity contribution is 5.94. The number of aliphatic hydroxyl groups is 1. The van der Waals surface area contributed by atoms with Crippen LogP contribution in [0.25, 0.3) is 0 Å². The van der Waals surface area contributed by atoms with Crippen molar-refractivity contribution in [3.05, 3.63) is 35.0 Å². The second kappa shape index (κ2) is 9.47. The van der Waals surface area contributed by atoms with Crippen molar-refractivity contribution in [2.24, 2.45) is 7.05 Å². The second-order valence-corrected chi connectivity index (χ2v) is 8.48. The van der Waals surface area contributed by atoms with E-state index in [9.17, 15) is 9.90 Å². The Morgan fingerprint density at radius 1 is 1.23 bits per heavy atom. The summed E-state index contributed by atoms with van der Waals surface area (Å²) in [7, 11) is 4.02. The van der Waals surface area contributed by atoms with Crippen LogP contribution in [0.2, 0.25) is 0 Å². The number of amides is 1. The molecule has 0 aromatic carbocycles. The van der Waals surface area contributed by atoms with E-state index in [0.29, 0.717) is 24.5 Å². The van der Waals surface area contributed by atoms with Crippen LogP contribution >= 0.6 is 0 Å². The molecule has 0 bridgehead atoms. The molecule has 2 aromatic rings. The van der Waals surface area contributed by atoms with Gasteiger partial charge in [-0.05, 0) is 33.5 Å². The van der Waals surface area contributed by atoms with E-state index in [2.05, 4.69) is 27.1 Å². The second-order valence-electron chi connectivity index (χ2n) is 8.48. The molecule has 2 fully saturated rings. The zero-order chi connectivity index (χ0) is 22.0. The van der Waals surface area contributed by atoms with Crippen molar-refractivity contribution < 1.29 is 19.2 Å². The Bertz CT molecular complexity index is 896. The fourth-order valence-electron chi connectivity index (χ4n) is 4.52. The average Bonchev–Trinajstić information content (AvgIpc) is 3.29. The quantitative estimate of drug-likeness (QED) is 0.726. The molecule has 10 nitrogen and oxygen atoms in total. The van der Waals surface area contributed by atoms with Crippen LogP contribution in [0.4, 0.5) is 0 Å². The first-order chi connectivity index (χ1) is 15.0. The van der Waals surface area contributed by atoms with Gasteiger partial charge >= 0.3 is 0 Å². The van der Waals surface area contributed by atoms with Gasteiger partial charge in [0.05, 0.1) is 37.1 Å². The number of aromatic nitrogens is 3. The number of carbonyl (C=O) groups excluding carboxylic acids is 1. The Kier molecular flexibility index (Phi) is 6.71. The summed E-state index contributed by atoms with van der Waals surface area (Å²) in [6, 6.07) is -0.292. The summed E-state index contributed by atoms with van der Waals surface area (Å²) in [5, 5.41) is 18.0. The summed E-state index contributed by atoms with van der Waals surface area (Å²) < 4.78 is 13.2. The SMILES string of the molecule is Cc1onc(C(=O)N2CCO[C@@H](CN3CCCN(C)CC3)[C@@H]2c2cnn(C)c2)c1CO. The van der Waals surface area contributed by atoms with Crippen molar-refractivity contribution in [1.82, 2.24) is 29.6 Å². The predicted octanol–water partition coefficient (Wildman–Crippen LogP) is 0.429. The minimum absolute atomic E-state index is 0.172. The van der Waals surface area contributed by atoms with Crippen LogP contribution in [0, 0.1) is 6.92 Å². The van der Waals surface area contributed by atoms with E-state index in [-0.39, 0.29) is 30.4 Å². The van der Waals surface area contributed by atoms with Crippen molar-refractivity contribution in [2.45, 2.75) is 32.1 Å². The monoisotopic (exact) mass is 432 g/mol. The van der Waals surface area contributed by atoms with Crippen LogP contribution in [-0.4, -0.2) is 99.7 Å². The molecule has 2 atom stereocenters. The number of likely N-dealkylation sites (N-methyl/N-ethyl adjacent to an activating group) is 1. The van der Waals surface area contributed by atoms with Gasteiger partial charge in [0.15, 0.2) is 5.69 Å². The highest BCUT2D eigenvalue weighted by atomic mass is 16.5. The van der Waals surface area contributed by atoms with E-state index in [1.807, 2.05) is 13.2 Å². The maximum absolute atomic E-state index is 13.5. The van der Waals surface area contributed by atoms with Gasteiger partial charge in [0, 0.05) is 45.0 Å². The number of rotatable bonds is 5. The predicted molar refractivity (Wildman–Crippen MR) is 112 cm³/mol. The van der Waals surface area contributed by atoms with Crippen LogP contribution in [-0.2, 0) is 18.4 Å². The fourth-order valence-corrected chi connectivity index (χ4v) is 4.52. The number of ether oxygens (including phenoxy) is 1. The summed E-state index contributed by atoms with van der Waals surface area (Å²) in [5.74, 6) is 0.209. The third-order valence-electron chi connectivity index (χ3n) is 6.27. The first-order valence-corrected chi connectivity index (χ1v) is 10.9. The van der Waals surface area contributed by atoms with Gasteiger partial charge in [0.25, 0.3) is 5.91 Å². The van der Waals surface area contributed by atoms with Gasteiger partial charge in [-0.25, -0.2) is 0 Å². The Hall–Kier alpha value is -2.27. The number of hydrogen-bond acceptors (Lipinski definition) is 8. The van der Waals surface area contributed by atoms with Gasteiger partial charge < -0.3 is 24.2 Å². The number of aliphatic hydroxyl groups excluding tert-OH is 1. The van der Waals surface area contributed by atoms with Crippen molar-refractivity contribution >= 4 is 5.91 Å². The van der Waals surface area contributed by atoms with Gasteiger partial charge in [-0.1, -0.05) is 5.16 Å². The minimum atomic E-state index is -0.292. The molecule has 31 heavy (non-hydrogen) atoms. The molecule has 0 unspecified atom stereocenters. The molecule has 0 saturated carbocycles. The number of aryl methyl sites for hydroxylation is 2. The van der Waals surface area contributed by atoms with Crippen molar-refractivity contribution in [2.75, 3.05) is 52.9 Å². The molecule has 0 aliphatic carbocycles. The smallest absolute Gasteiger partial charge is 0.277 e. The maximum Gasteiger partial charge on any atom is 0.277 e. The van der Waals surface area contributed by atoms with Gasteiger partial charge in [-0.3, -0.25) is 14.4 Å². The molecule has 170 valence electrons. The van der Waals surface area contributed by atoms with E-state index < -0.39 is 0 Å². The first-order valence-electron chi connectivity index (χ1n) is 10.9. The summed E-state index contributed by atoms with van der Waals surface area (Å²) in [6.45, 7) is 7.13. The fraction of sp³-hybridized carbons (Fsp3) is 0.667. The molecule has 1 amide bonds. The molecular weight excluding hydrogens is 400 g/mol. The Labute approximate surface area is 182 Å².